The summed E-state index contributed by atoms with van der Waals surface area (Å²) in [7, 11) is 0. The third-order valence-corrected chi connectivity index (χ3v) is 7.18. The van der Waals surface area contributed by atoms with E-state index in [4.69, 9.17) is 28.4 Å². The van der Waals surface area contributed by atoms with Crippen molar-refractivity contribution in [1.82, 2.24) is 0 Å². The standard InChI is InChI=1S/C16H26O6.C13H24O4.C13H28O2.CH4/c1-7-12(18)9-14(20)21-16(5,6)22-15(3,4)10-13(19)8-11(2)17;1-7-10(14)9-12(3,4)17-13(5,6)16-11(15)8-2;1-7-9-10-12(3,4)15-13(5,6)14-11-8-2;/h7-10H2,1-6H3;7-9H2,1-6H3;7-11H2,1-6H3;1H4. The Labute approximate surface area is 335 Å². The number of rotatable bonds is 25. The van der Waals surface area contributed by atoms with E-state index in [1.807, 2.05) is 34.6 Å². The number of carbonyl (C=O) groups excluding carboxylic acids is 6. The van der Waals surface area contributed by atoms with Gasteiger partial charge in [0, 0.05) is 66.4 Å². The summed E-state index contributed by atoms with van der Waals surface area (Å²) in [4.78, 5) is 68.1. The number of ether oxygens (including phenoxy) is 6. The first-order valence-electron chi connectivity index (χ1n) is 19.5. The van der Waals surface area contributed by atoms with Crippen LogP contribution < -0.4 is 0 Å². The zero-order valence-electron chi connectivity index (χ0n) is 37.4. The fourth-order valence-electron chi connectivity index (χ4n) is 5.50. The highest BCUT2D eigenvalue weighted by molar-refractivity contribution is 5.98. The maximum absolute atomic E-state index is 11.7. The molecular weight excluding hydrogens is 708 g/mol. The summed E-state index contributed by atoms with van der Waals surface area (Å²) < 4.78 is 33.4. The second-order valence-electron chi connectivity index (χ2n) is 16.8. The summed E-state index contributed by atoms with van der Waals surface area (Å²) in [6, 6.07) is 0. The minimum Gasteiger partial charge on any atom is -0.434 e. The second kappa shape index (κ2) is 27.2. The number of hydrogen-bond acceptors (Lipinski definition) is 12. The fourth-order valence-corrected chi connectivity index (χ4v) is 5.50. The number of ketones is 4. The Hall–Kier alpha value is -2.54. The van der Waals surface area contributed by atoms with Gasteiger partial charge in [0.25, 0.3) is 0 Å². The van der Waals surface area contributed by atoms with Crippen LogP contribution in [-0.2, 0) is 57.2 Å². The van der Waals surface area contributed by atoms with Crippen molar-refractivity contribution in [2.24, 2.45) is 0 Å². The maximum Gasteiger partial charge on any atom is 0.315 e. The van der Waals surface area contributed by atoms with Crippen LogP contribution in [0.2, 0.25) is 0 Å². The Morgan fingerprint density at radius 1 is 0.473 bits per heavy atom. The molecule has 326 valence electrons. The summed E-state index contributed by atoms with van der Waals surface area (Å²) in [5, 5.41) is 0. The van der Waals surface area contributed by atoms with Crippen LogP contribution in [0.3, 0.4) is 0 Å². The van der Waals surface area contributed by atoms with Crippen LogP contribution >= 0.6 is 0 Å². The van der Waals surface area contributed by atoms with E-state index in [-0.39, 0.29) is 67.8 Å². The van der Waals surface area contributed by atoms with Crippen LogP contribution in [0.25, 0.3) is 0 Å². The van der Waals surface area contributed by atoms with Gasteiger partial charge in [-0.1, -0.05) is 54.9 Å². The predicted octanol–water partition coefficient (Wildman–Crippen LogP) is 9.98. The molecule has 12 heteroatoms. The summed E-state index contributed by atoms with van der Waals surface area (Å²) >= 11 is 0. The van der Waals surface area contributed by atoms with Gasteiger partial charge in [-0.15, -0.1) is 0 Å². The Bertz CT molecular complexity index is 1120. The molecule has 0 N–H and O–H groups in total. The van der Waals surface area contributed by atoms with E-state index in [9.17, 15) is 28.8 Å². The third-order valence-electron chi connectivity index (χ3n) is 7.18. The number of hydrogen-bond donors (Lipinski definition) is 0. The molecule has 0 aliphatic heterocycles. The molecule has 0 heterocycles. The molecule has 0 saturated heterocycles. The molecule has 0 aliphatic rings. The topological polar surface area (TPSA) is 158 Å². The van der Waals surface area contributed by atoms with E-state index in [0.29, 0.717) is 19.3 Å². The lowest BCUT2D eigenvalue weighted by Crippen LogP contribution is -2.42. The molecule has 0 rings (SSSR count). The van der Waals surface area contributed by atoms with Crippen LogP contribution in [0.15, 0.2) is 0 Å². The normalized spacial score (nSPS) is 12.2. The van der Waals surface area contributed by atoms with E-state index in [1.54, 1.807) is 55.4 Å². The summed E-state index contributed by atoms with van der Waals surface area (Å²) in [5.74, 6) is -4.24. The van der Waals surface area contributed by atoms with Gasteiger partial charge in [-0.05, 0) is 75.2 Å². The Morgan fingerprint density at radius 3 is 1.27 bits per heavy atom. The fraction of sp³-hybridized carbons (Fsp3) is 0.860. The number of esters is 2. The third kappa shape index (κ3) is 35.6. The van der Waals surface area contributed by atoms with Crippen molar-refractivity contribution >= 4 is 35.1 Å². The van der Waals surface area contributed by atoms with Crippen LogP contribution in [0.1, 0.15) is 203 Å². The lowest BCUT2D eigenvalue weighted by atomic mass is 9.98. The van der Waals surface area contributed by atoms with Gasteiger partial charge >= 0.3 is 11.9 Å². The minimum absolute atomic E-state index is 0. The highest BCUT2D eigenvalue weighted by Crippen LogP contribution is 2.28. The van der Waals surface area contributed by atoms with Crippen molar-refractivity contribution in [2.45, 2.75) is 237 Å². The van der Waals surface area contributed by atoms with Crippen molar-refractivity contribution in [3.05, 3.63) is 0 Å². The van der Waals surface area contributed by atoms with Crippen molar-refractivity contribution in [2.75, 3.05) is 6.61 Å². The molecule has 0 aromatic carbocycles. The van der Waals surface area contributed by atoms with Crippen molar-refractivity contribution in [3.8, 4) is 0 Å². The van der Waals surface area contributed by atoms with Gasteiger partial charge in [0.05, 0.1) is 23.2 Å². The largest absolute Gasteiger partial charge is 0.434 e. The average molecular weight is 791 g/mol. The quantitative estimate of drug-likeness (QED) is 0.0490. The maximum atomic E-state index is 11.7. The molecule has 0 saturated carbocycles. The summed E-state index contributed by atoms with van der Waals surface area (Å²) in [6.45, 7) is 33.3. The van der Waals surface area contributed by atoms with E-state index >= 15 is 0 Å². The highest BCUT2D eigenvalue weighted by Gasteiger charge is 2.35. The summed E-state index contributed by atoms with van der Waals surface area (Å²) in [5.41, 5.74) is -1.62. The van der Waals surface area contributed by atoms with Gasteiger partial charge < -0.3 is 28.4 Å². The van der Waals surface area contributed by atoms with E-state index in [0.717, 1.165) is 19.4 Å². The van der Waals surface area contributed by atoms with Gasteiger partial charge in [0.1, 0.15) is 29.6 Å². The van der Waals surface area contributed by atoms with Crippen molar-refractivity contribution in [3.63, 3.8) is 0 Å². The molecule has 12 nitrogen and oxygen atoms in total. The predicted molar refractivity (Wildman–Crippen MR) is 217 cm³/mol. The lowest BCUT2D eigenvalue weighted by Gasteiger charge is -2.36. The lowest BCUT2D eigenvalue weighted by molar-refractivity contribution is -0.263. The van der Waals surface area contributed by atoms with E-state index in [1.165, 1.54) is 19.8 Å². The van der Waals surface area contributed by atoms with Gasteiger partial charge in [-0.2, -0.15) is 0 Å². The molecule has 0 spiro atoms. The summed E-state index contributed by atoms with van der Waals surface area (Å²) in [6.07, 6.45) is 5.50. The Balaban J connectivity index is -0.000000359. The zero-order valence-corrected chi connectivity index (χ0v) is 37.4. The Kier molecular flexibility index (Phi) is 29.2. The Morgan fingerprint density at radius 2 is 0.891 bits per heavy atom. The second-order valence-corrected chi connectivity index (χ2v) is 16.8. The van der Waals surface area contributed by atoms with E-state index < -0.39 is 34.5 Å². The smallest absolute Gasteiger partial charge is 0.315 e. The van der Waals surface area contributed by atoms with Crippen LogP contribution in [-0.4, -0.2) is 75.8 Å². The number of unbranched alkanes of at least 4 members (excludes halogenated alkanes) is 1. The molecule has 0 aromatic heterocycles. The molecule has 0 bridgehead atoms. The first-order chi connectivity index (χ1) is 24.3. The first kappa shape index (κ1) is 59.2. The SMILES string of the molecule is C.CCC(=O)CC(=O)OC(C)(C)OC(C)(C)CC(=O)CC(C)=O.CCC(=O)CC(C)(C)OC(C)(C)OC(=O)CC.CCCCC(C)(C)OC(C)(C)OCCC. The molecule has 0 amide bonds. The average Bonchev–Trinajstić information content (AvgIpc) is 2.95. The first-order valence-corrected chi connectivity index (χ1v) is 19.5. The molecular formula is C43H82O12. The highest BCUT2D eigenvalue weighted by atomic mass is 16.7. The van der Waals surface area contributed by atoms with Gasteiger partial charge in [0.15, 0.2) is 5.79 Å². The van der Waals surface area contributed by atoms with Crippen LogP contribution in [0.4, 0.5) is 0 Å². The van der Waals surface area contributed by atoms with Gasteiger partial charge in [0.2, 0.25) is 11.6 Å². The molecule has 0 unspecified atom stereocenters. The van der Waals surface area contributed by atoms with E-state index in [2.05, 4.69) is 27.7 Å². The molecule has 0 aliphatic carbocycles. The van der Waals surface area contributed by atoms with Gasteiger partial charge in [-0.25, -0.2) is 0 Å². The number of carbonyl (C=O) groups is 6. The van der Waals surface area contributed by atoms with Crippen molar-refractivity contribution < 1.29 is 57.2 Å². The minimum atomic E-state index is -1.27. The molecule has 0 fully saturated rings. The monoisotopic (exact) mass is 791 g/mol. The van der Waals surface area contributed by atoms with Gasteiger partial charge in [-0.3, -0.25) is 28.8 Å². The molecule has 0 atom stereocenters. The zero-order chi connectivity index (χ0) is 43.2. The van der Waals surface area contributed by atoms with Crippen LogP contribution in [0, 0.1) is 0 Å². The molecule has 0 aromatic rings. The molecule has 0 radical (unpaired) electrons. The van der Waals surface area contributed by atoms with Crippen molar-refractivity contribution in [1.29, 1.82) is 0 Å². The molecule has 55 heavy (non-hydrogen) atoms. The number of Topliss-reactive ketones (excluding diaryl/α,β-unsaturated/α-hetero) is 4. The van der Waals surface area contributed by atoms with Crippen LogP contribution in [0.5, 0.6) is 0 Å².